The molecule has 2 rings (SSSR count). The minimum absolute atomic E-state index is 0.0892. The number of carbonyl (C=O) groups is 1. The molecule has 0 aromatic heterocycles. The van der Waals surface area contributed by atoms with Gasteiger partial charge in [-0.1, -0.05) is 12.1 Å². The number of nitrogens with one attached hydrogen (secondary N) is 1. The second-order valence-electron chi connectivity index (χ2n) is 6.49. The van der Waals surface area contributed by atoms with E-state index in [-0.39, 0.29) is 5.91 Å². The lowest BCUT2D eigenvalue weighted by Gasteiger charge is -2.30. The van der Waals surface area contributed by atoms with Crippen LogP contribution in [-0.2, 0) is 17.6 Å². The van der Waals surface area contributed by atoms with E-state index >= 15 is 0 Å². The monoisotopic (exact) mass is 304 g/mol. The summed E-state index contributed by atoms with van der Waals surface area (Å²) in [5, 5.41) is 3.03. The second-order valence-corrected chi connectivity index (χ2v) is 6.49. The minimum atomic E-state index is 0.0892. The molecule has 0 radical (unpaired) electrons. The molecule has 1 aliphatic rings. The Hall–Kier alpha value is -1.55. The Morgan fingerprint density at radius 3 is 2.68 bits per heavy atom. The smallest absolute Gasteiger partial charge is 0.224 e. The molecule has 0 bridgehead atoms. The average molecular weight is 304 g/mol. The van der Waals surface area contributed by atoms with Gasteiger partial charge in [-0.3, -0.25) is 9.69 Å². The Labute approximate surface area is 133 Å². The van der Waals surface area contributed by atoms with Gasteiger partial charge in [-0.2, -0.15) is 0 Å². The van der Waals surface area contributed by atoms with E-state index in [1.54, 1.807) is 0 Å². The van der Waals surface area contributed by atoms with E-state index in [1.165, 1.54) is 5.56 Å². The quantitative estimate of drug-likeness (QED) is 0.841. The topological polar surface area (TPSA) is 41.6 Å². The van der Waals surface area contributed by atoms with E-state index in [4.69, 9.17) is 4.74 Å². The van der Waals surface area contributed by atoms with Crippen molar-refractivity contribution in [3.8, 4) is 5.75 Å². The van der Waals surface area contributed by atoms with Gasteiger partial charge in [-0.15, -0.1) is 0 Å². The van der Waals surface area contributed by atoms with Crippen molar-refractivity contribution in [3.05, 3.63) is 29.3 Å². The normalized spacial score (nSPS) is 13.6. The third kappa shape index (κ3) is 4.47. The third-order valence-corrected chi connectivity index (χ3v) is 4.14. The van der Waals surface area contributed by atoms with Crippen molar-refractivity contribution in [3.63, 3.8) is 0 Å². The molecule has 1 heterocycles. The number of fused-ring (bicyclic) bond motifs is 1. The number of carbonyl (C=O) groups excluding carboxylic acids is 1. The molecule has 0 atom stereocenters. The summed E-state index contributed by atoms with van der Waals surface area (Å²) in [6, 6.07) is 7.04. The van der Waals surface area contributed by atoms with Crippen molar-refractivity contribution < 1.29 is 9.53 Å². The van der Waals surface area contributed by atoms with Crippen molar-refractivity contribution in [2.24, 2.45) is 0 Å². The molecule has 122 valence electrons. The maximum absolute atomic E-state index is 12.1. The lowest BCUT2D eigenvalue weighted by atomic mass is 10.1. The van der Waals surface area contributed by atoms with E-state index in [9.17, 15) is 4.79 Å². The molecule has 0 spiro atoms. The van der Waals surface area contributed by atoms with Gasteiger partial charge in [0.25, 0.3) is 0 Å². The maximum Gasteiger partial charge on any atom is 0.224 e. The molecule has 0 aliphatic carbocycles. The van der Waals surface area contributed by atoms with Gasteiger partial charge in [0.15, 0.2) is 0 Å². The zero-order valence-electron chi connectivity index (χ0n) is 14.2. The predicted molar refractivity (Wildman–Crippen MR) is 89.3 cm³/mol. The molecule has 22 heavy (non-hydrogen) atoms. The summed E-state index contributed by atoms with van der Waals surface area (Å²) in [5.74, 6) is 1.06. The number of ether oxygens (including phenoxy) is 1. The van der Waals surface area contributed by atoms with Crippen LogP contribution in [0, 0.1) is 0 Å². The van der Waals surface area contributed by atoms with Gasteiger partial charge in [0.05, 0.1) is 13.0 Å². The maximum atomic E-state index is 12.1. The highest BCUT2D eigenvalue weighted by Gasteiger charge is 2.15. The molecular weight excluding hydrogens is 276 g/mol. The van der Waals surface area contributed by atoms with Crippen LogP contribution < -0.4 is 10.1 Å². The second kappa shape index (κ2) is 7.63. The largest absolute Gasteiger partial charge is 0.493 e. The highest BCUT2D eigenvalue weighted by Crippen LogP contribution is 2.25. The Bertz CT molecular complexity index is 504. The summed E-state index contributed by atoms with van der Waals surface area (Å²) in [7, 11) is 0. The van der Waals surface area contributed by atoms with Crippen molar-refractivity contribution in [2.45, 2.75) is 52.6 Å². The molecule has 4 heteroatoms. The zero-order valence-corrected chi connectivity index (χ0v) is 14.2. The molecule has 1 aliphatic heterocycles. The number of rotatable bonds is 7. The van der Waals surface area contributed by atoms with Gasteiger partial charge in [-0.25, -0.2) is 0 Å². The molecule has 1 aromatic rings. The molecule has 1 amide bonds. The fraction of sp³-hybridized carbons (Fsp3) is 0.611. The van der Waals surface area contributed by atoms with Crippen molar-refractivity contribution in [1.82, 2.24) is 10.2 Å². The molecule has 0 unspecified atom stereocenters. The fourth-order valence-electron chi connectivity index (χ4n) is 3.03. The van der Waals surface area contributed by atoms with E-state index in [1.807, 2.05) is 12.1 Å². The number of benzene rings is 1. The highest BCUT2D eigenvalue weighted by atomic mass is 16.5. The predicted octanol–water partition coefficient (Wildman–Crippen LogP) is 2.40. The van der Waals surface area contributed by atoms with Crippen LogP contribution in [0.4, 0.5) is 0 Å². The van der Waals surface area contributed by atoms with Crippen LogP contribution in [0.1, 0.15) is 38.8 Å². The fourth-order valence-corrected chi connectivity index (χ4v) is 3.03. The van der Waals surface area contributed by atoms with Crippen LogP contribution in [0.25, 0.3) is 0 Å². The zero-order chi connectivity index (χ0) is 16.1. The highest BCUT2D eigenvalue weighted by molar-refractivity contribution is 5.78. The molecule has 0 saturated heterocycles. The minimum Gasteiger partial charge on any atom is -0.493 e. The summed E-state index contributed by atoms with van der Waals surface area (Å²) < 4.78 is 5.49. The summed E-state index contributed by atoms with van der Waals surface area (Å²) in [6.07, 6.45) is 1.39. The van der Waals surface area contributed by atoms with Gasteiger partial charge in [-0.05, 0) is 44.9 Å². The summed E-state index contributed by atoms with van der Waals surface area (Å²) in [5.41, 5.74) is 2.28. The van der Waals surface area contributed by atoms with Crippen LogP contribution in [-0.4, -0.2) is 42.6 Å². The first kappa shape index (κ1) is 16.8. The van der Waals surface area contributed by atoms with E-state index in [0.29, 0.717) is 25.0 Å². The van der Waals surface area contributed by atoms with Gasteiger partial charge >= 0.3 is 0 Å². The summed E-state index contributed by atoms with van der Waals surface area (Å²) in [6.45, 7) is 11.1. The van der Waals surface area contributed by atoms with Crippen LogP contribution in [0.3, 0.4) is 0 Å². The molecule has 1 aromatic carbocycles. The number of nitrogens with zero attached hydrogens (tertiary/aromatic N) is 1. The first-order chi connectivity index (χ1) is 10.5. The average Bonchev–Trinajstić information content (AvgIpc) is 2.90. The SMILES string of the molecule is CC(C)N(CCNC(=O)Cc1ccc2c(c1)CCO2)C(C)C. The van der Waals surface area contributed by atoms with Crippen LogP contribution in [0.2, 0.25) is 0 Å². The van der Waals surface area contributed by atoms with Crippen LogP contribution in [0.5, 0.6) is 5.75 Å². The Kier molecular flexibility index (Phi) is 5.83. The van der Waals surface area contributed by atoms with Crippen molar-refractivity contribution in [2.75, 3.05) is 19.7 Å². The van der Waals surface area contributed by atoms with E-state index in [2.05, 4.69) is 44.0 Å². The van der Waals surface area contributed by atoms with E-state index in [0.717, 1.165) is 30.9 Å². The number of amides is 1. The first-order valence-electron chi connectivity index (χ1n) is 8.24. The van der Waals surface area contributed by atoms with E-state index < -0.39 is 0 Å². The molecule has 0 saturated carbocycles. The molecular formula is C18H28N2O2. The Morgan fingerprint density at radius 1 is 1.27 bits per heavy atom. The first-order valence-corrected chi connectivity index (χ1v) is 8.24. The lowest BCUT2D eigenvalue weighted by Crippen LogP contribution is -2.42. The number of hydrogen-bond acceptors (Lipinski definition) is 3. The standard InChI is InChI=1S/C18H28N2O2/c1-13(2)20(14(3)4)9-8-19-18(21)12-15-5-6-17-16(11-15)7-10-22-17/h5-6,11,13-14H,7-10,12H2,1-4H3,(H,19,21). The molecule has 4 nitrogen and oxygen atoms in total. The van der Waals surface area contributed by atoms with Gasteiger partial charge in [0, 0.05) is 31.6 Å². The van der Waals surface area contributed by atoms with Gasteiger partial charge in [0.1, 0.15) is 5.75 Å². The lowest BCUT2D eigenvalue weighted by molar-refractivity contribution is -0.120. The third-order valence-electron chi connectivity index (χ3n) is 4.14. The van der Waals surface area contributed by atoms with Gasteiger partial charge in [0.2, 0.25) is 5.91 Å². The number of hydrogen-bond donors (Lipinski definition) is 1. The molecule has 0 fully saturated rings. The molecule has 1 N–H and O–H groups in total. The Balaban J connectivity index is 1.78. The van der Waals surface area contributed by atoms with Crippen LogP contribution in [0.15, 0.2) is 18.2 Å². The van der Waals surface area contributed by atoms with Crippen LogP contribution >= 0.6 is 0 Å². The Morgan fingerprint density at radius 2 is 2.00 bits per heavy atom. The van der Waals surface area contributed by atoms with Crippen molar-refractivity contribution >= 4 is 5.91 Å². The van der Waals surface area contributed by atoms with Crippen molar-refractivity contribution in [1.29, 1.82) is 0 Å². The van der Waals surface area contributed by atoms with Gasteiger partial charge < -0.3 is 10.1 Å². The summed E-state index contributed by atoms with van der Waals surface area (Å²) in [4.78, 5) is 14.5. The summed E-state index contributed by atoms with van der Waals surface area (Å²) >= 11 is 0.